The van der Waals surface area contributed by atoms with Gasteiger partial charge in [0.2, 0.25) is 0 Å². The molecule has 0 radical (unpaired) electrons. The maximum Gasteiger partial charge on any atom is 0.250 e. The Bertz CT molecular complexity index is 1170. The van der Waals surface area contributed by atoms with E-state index in [2.05, 4.69) is 36.4 Å². The number of amides is 1. The van der Waals surface area contributed by atoms with Gasteiger partial charge in [-0.1, -0.05) is 52.6 Å². The minimum absolute atomic E-state index is 0.144. The first-order valence-corrected chi connectivity index (χ1v) is 12.5. The Morgan fingerprint density at radius 1 is 1.12 bits per heavy atom. The molecule has 1 heterocycles. The molecule has 11 heteroatoms. The number of halogens is 4. The van der Waals surface area contributed by atoms with Crippen molar-refractivity contribution < 1.29 is 9.53 Å². The first-order valence-electron chi connectivity index (χ1n) is 9.54. The fraction of sp³-hybridized carbons (Fsp3) is 0.182. The molecule has 0 aliphatic rings. The molecule has 6 nitrogen and oxygen atoms in total. The van der Waals surface area contributed by atoms with Crippen molar-refractivity contribution in [2.75, 3.05) is 5.75 Å². The molecule has 33 heavy (non-hydrogen) atoms. The summed E-state index contributed by atoms with van der Waals surface area (Å²) in [7, 11) is 0. The van der Waals surface area contributed by atoms with E-state index in [4.69, 9.17) is 39.5 Å². The topological polar surface area (TPSA) is 76.5 Å². The number of nitrogens with zero attached hydrogens (tertiary/aromatic N) is 3. The smallest absolute Gasteiger partial charge is 0.250 e. The number of aryl methyl sites for hydroxylation is 2. The van der Waals surface area contributed by atoms with Gasteiger partial charge in [0.25, 0.3) is 5.91 Å². The number of aromatic nitrogens is 2. The zero-order valence-corrected chi connectivity index (χ0v) is 22.2. The quantitative estimate of drug-likeness (QED) is 0.138. The van der Waals surface area contributed by atoms with Gasteiger partial charge in [0, 0.05) is 27.0 Å². The largest absolute Gasteiger partial charge is 0.486 e. The molecule has 0 aliphatic heterocycles. The maximum absolute atomic E-state index is 12.1. The van der Waals surface area contributed by atoms with Gasteiger partial charge in [0.05, 0.1) is 21.5 Å². The predicted octanol–water partition coefficient (Wildman–Crippen LogP) is 6.64. The Kier molecular flexibility index (Phi) is 9.40. The maximum atomic E-state index is 12.1. The van der Waals surface area contributed by atoms with Gasteiger partial charge in [-0.05, 0) is 65.7 Å². The van der Waals surface area contributed by atoms with Gasteiger partial charge >= 0.3 is 0 Å². The first kappa shape index (κ1) is 25.8. The van der Waals surface area contributed by atoms with Crippen molar-refractivity contribution in [2.24, 2.45) is 5.10 Å². The molecule has 172 valence electrons. The van der Waals surface area contributed by atoms with Gasteiger partial charge in [-0.2, -0.15) is 5.10 Å². The van der Waals surface area contributed by atoms with Crippen LogP contribution in [0.5, 0.6) is 5.75 Å². The molecule has 0 fully saturated rings. The fourth-order valence-electron chi connectivity index (χ4n) is 2.68. The number of hydrazone groups is 1. The fourth-order valence-corrected chi connectivity index (χ4v) is 4.87. The molecule has 0 saturated carbocycles. The van der Waals surface area contributed by atoms with E-state index < -0.39 is 0 Å². The third kappa shape index (κ3) is 7.86. The molecule has 3 aromatic rings. The third-order valence-electron chi connectivity index (χ3n) is 4.10. The highest BCUT2D eigenvalue weighted by Gasteiger charge is 2.11. The monoisotopic (exact) mass is 586 g/mol. The lowest BCUT2D eigenvalue weighted by Gasteiger charge is -2.12. The molecule has 1 amide bonds. The number of carbonyl (C=O) groups is 1. The van der Waals surface area contributed by atoms with Gasteiger partial charge in [-0.15, -0.1) is 0 Å². The molecule has 0 aliphatic carbocycles. The SMILES string of the molecule is Cc1cc(C)nc(SCC(=O)N/N=C\c2cc(Cl)c(OCc3ccc(Cl)cc3Cl)c(Br)c2)n1. The molecule has 2 aromatic carbocycles. The summed E-state index contributed by atoms with van der Waals surface area (Å²) < 4.78 is 6.46. The molecular weight excluding hydrogens is 571 g/mol. The summed E-state index contributed by atoms with van der Waals surface area (Å²) in [6.45, 7) is 3.99. The molecule has 0 unspecified atom stereocenters. The standard InChI is InChI=1S/C22H18BrCl3N4O2S/c1-12-5-13(2)29-22(28-12)33-11-20(31)30-27-9-14-6-17(23)21(19(26)7-14)32-10-15-3-4-16(24)8-18(15)25/h3-9H,10-11H2,1-2H3,(H,30,31)/b27-9-. The average Bonchev–Trinajstić information content (AvgIpc) is 2.72. The number of rotatable bonds is 8. The van der Waals surface area contributed by atoms with Crippen molar-refractivity contribution in [1.29, 1.82) is 0 Å². The Hall–Kier alpha value is -1.84. The number of ether oxygens (including phenoxy) is 1. The van der Waals surface area contributed by atoms with Crippen molar-refractivity contribution in [3.05, 3.63) is 78.5 Å². The van der Waals surface area contributed by atoms with Crippen LogP contribution < -0.4 is 10.2 Å². The zero-order valence-electron chi connectivity index (χ0n) is 17.5. The van der Waals surface area contributed by atoms with Crippen LogP contribution in [0, 0.1) is 13.8 Å². The first-order chi connectivity index (χ1) is 15.7. The van der Waals surface area contributed by atoms with E-state index in [9.17, 15) is 4.79 Å². The van der Waals surface area contributed by atoms with Crippen LogP contribution in [0.25, 0.3) is 0 Å². The second-order valence-corrected chi connectivity index (χ2v) is 9.90. The third-order valence-corrected chi connectivity index (χ3v) is 6.41. The van der Waals surface area contributed by atoms with Crippen LogP contribution >= 0.6 is 62.5 Å². The van der Waals surface area contributed by atoms with E-state index in [0.717, 1.165) is 17.0 Å². The molecule has 0 spiro atoms. The summed E-state index contributed by atoms with van der Waals surface area (Å²) in [5.74, 6) is 0.336. The summed E-state index contributed by atoms with van der Waals surface area (Å²) in [5.41, 5.74) is 5.65. The molecule has 0 bridgehead atoms. The summed E-state index contributed by atoms with van der Waals surface area (Å²) in [5, 5.41) is 5.98. The Morgan fingerprint density at radius 3 is 2.52 bits per heavy atom. The van der Waals surface area contributed by atoms with Crippen molar-refractivity contribution in [2.45, 2.75) is 25.6 Å². The van der Waals surface area contributed by atoms with Crippen molar-refractivity contribution >= 4 is 74.6 Å². The van der Waals surface area contributed by atoms with Gasteiger partial charge < -0.3 is 4.74 Å². The molecule has 1 N–H and O–H groups in total. The van der Waals surface area contributed by atoms with E-state index in [1.165, 1.54) is 18.0 Å². The average molecular weight is 589 g/mol. The molecule has 1 aromatic heterocycles. The minimum Gasteiger partial charge on any atom is -0.486 e. The van der Waals surface area contributed by atoms with E-state index in [-0.39, 0.29) is 18.3 Å². The lowest BCUT2D eigenvalue weighted by molar-refractivity contribution is -0.118. The Morgan fingerprint density at radius 2 is 1.85 bits per heavy atom. The van der Waals surface area contributed by atoms with E-state index in [0.29, 0.717) is 36.0 Å². The summed E-state index contributed by atoms with van der Waals surface area (Å²) in [6, 6.07) is 10.5. The molecular formula is C22H18BrCl3N4O2S. The second kappa shape index (κ2) is 12.0. The highest BCUT2D eigenvalue weighted by atomic mass is 79.9. The van der Waals surface area contributed by atoms with Crippen molar-refractivity contribution in [1.82, 2.24) is 15.4 Å². The van der Waals surface area contributed by atoms with Crippen LogP contribution in [0.3, 0.4) is 0 Å². The van der Waals surface area contributed by atoms with Gasteiger partial charge in [-0.25, -0.2) is 15.4 Å². The number of carbonyl (C=O) groups excluding carboxylic acids is 1. The highest BCUT2D eigenvalue weighted by molar-refractivity contribution is 9.10. The van der Waals surface area contributed by atoms with E-state index in [1.54, 1.807) is 30.3 Å². The van der Waals surface area contributed by atoms with Gasteiger partial charge in [-0.3, -0.25) is 4.79 Å². The minimum atomic E-state index is -0.274. The lowest BCUT2D eigenvalue weighted by Crippen LogP contribution is -2.19. The van der Waals surface area contributed by atoms with E-state index >= 15 is 0 Å². The molecule has 0 saturated heterocycles. The van der Waals surface area contributed by atoms with Gasteiger partial charge in [0.1, 0.15) is 6.61 Å². The second-order valence-electron chi connectivity index (χ2n) is 6.85. The summed E-state index contributed by atoms with van der Waals surface area (Å²) >= 11 is 23.2. The molecule has 0 atom stereocenters. The van der Waals surface area contributed by atoms with Crippen LogP contribution in [0.2, 0.25) is 15.1 Å². The number of hydrogen-bond donors (Lipinski definition) is 1. The zero-order chi connectivity index (χ0) is 24.0. The highest BCUT2D eigenvalue weighted by Crippen LogP contribution is 2.35. The Balaban J connectivity index is 1.55. The van der Waals surface area contributed by atoms with Crippen LogP contribution in [0.4, 0.5) is 0 Å². The number of thioether (sulfide) groups is 1. The Labute approximate surface area is 219 Å². The number of benzene rings is 2. The van der Waals surface area contributed by atoms with E-state index in [1.807, 2.05) is 19.9 Å². The summed E-state index contributed by atoms with van der Waals surface area (Å²) in [6.07, 6.45) is 1.49. The van der Waals surface area contributed by atoms with Crippen LogP contribution in [-0.4, -0.2) is 27.8 Å². The number of nitrogens with one attached hydrogen (secondary N) is 1. The van der Waals surface area contributed by atoms with Crippen molar-refractivity contribution in [3.63, 3.8) is 0 Å². The van der Waals surface area contributed by atoms with Crippen LogP contribution in [0.1, 0.15) is 22.5 Å². The number of hydrogen-bond acceptors (Lipinski definition) is 6. The predicted molar refractivity (Wildman–Crippen MR) is 138 cm³/mol. The molecule has 3 rings (SSSR count). The van der Waals surface area contributed by atoms with Crippen LogP contribution in [-0.2, 0) is 11.4 Å². The lowest BCUT2D eigenvalue weighted by atomic mass is 10.2. The summed E-state index contributed by atoms with van der Waals surface area (Å²) in [4.78, 5) is 20.6. The normalized spacial score (nSPS) is 11.1. The van der Waals surface area contributed by atoms with Crippen molar-refractivity contribution in [3.8, 4) is 5.75 Å². The van der Waals surface area contributed by atoms with Gasteiger partial charge in [0.15, 0.2) is 10.9 Å². The van der Waals surface area contributed by atoms with Crippen LogP contribution in [0.15, 0.2) is 51.1 Å².